The topological polar surface area (TPSA) is 46.9 Å². The van der Waals surface area contributed by atoms with Crippen LogP contribution in [-0.4, -0.2) is 21.2 Å². The molecule has 4 rings (SSSR count). The average molecular weight is 335 g/mol. The lowest BCUT2D eigenvalue weighted by atomic mass is 10.1. The Balaban J connectivity index is 1.65. The van der Waals surface area contributed by atoms with E-state index >= 15 is 0 Å². The number of anilines is 1. The molecule has 0 radical (unpaired) electrons. The number of benzene rings is 2. The van der Waals surface area contributed by atoms with Crippen molar-refractivity contribution in [3.63, 3.8) is 0 Å². The number of carbonyl (C=O) groups is 1. The fourth-order valence-electron chi connectivity index (χ4n) is 2.84. The van der Waals surface area contributed by atoms with Crippen LogP contribution in [0, 0.1) is 6.92 Å². The first-order chi connectivity index (χ1) is 11.7. The molecule has 0 fully saturated rings. The first-order valence-corrected chi connectivity index (χ1v) is 8.87. The summed E-state index contributed by atoms with van der Waals surface area (Å²) in [6.45, 7) is 2.97. The number of amides is 1. The van der Waals surface area contributed by atoms with Gasteiger partial charge in [-0.15, -0.1) is 0 Å². The summed E-state index contributed by atoms with van der Waals surface area (Å²) in [5.74, 6) is 0.973. The number of nitrogens with zero attached hydrogens (tertiary/aromatic N) is 2. The summed E-state index contributed by atoms with van der Waals surface area (Å²) in [5, 5.41) is 4.07. The van der Waals surface area contributed by atoms with Gasteiger partial charge < -0.3 is 9.88 Å². The Bertz CT molecular complexity index is 895. The zero-order valence-corrected chi connectivity index (χ0v) is 14.1. The van der Waals surface area contributed by atoms with E-state index in [2.05, 4.69) is 16.1 Å². The molecule has 1 aromatic heterocycles. The fourth-order valence-corrected chi connectivity index (χ4v) is 3.78. The number of carbonyl (C=O) groups excluding carboxylic acids is 1. The Morgan fingerprint density at radius 2 is 2.08 bits per heavy atom. The highest BCUT2D eigenvalue weighted by atomic mass is 32.2. The molecule has 24 heavy (non-hydrogen) atoms. The van der Waals surface area contributed by atoms with Crippen molar-refractivity contribution < 1.29 is 4.79 Å². The highest BCUT2D eigenvalue weighted by Gasteiger charge is 2.17. The molecule has 1 N–H and O–H groups in total. The van der Waals surface area contributed by atoms with E-state index in [0.29, 0.717) is 5.56 Å². The minimum atomic E-state index is -0.104. The van der Waals surface area contributed by atoms with Crippen molar-refractivity contribution in [2.75, 3.05) is 11.1 Å². The molecule has 1 aliphatic heterocycles. The van der Waals surface area contributed by atoms with Gasteiger partial charge in [0.25, 0.3) is 5.91 Å². The smallest absolute Gasteiger partial charge is 0.255 e. The van der Waals surface area contributed by atoms with Crippen molar-refractivity contribution in [2.24, 2.45) is 0 Å². The molecule has 1 amide bonds. The molecule has 2 heterocycles. The first-order valence-electron chi connectivity index (χ1n) is 7.88. The van der Waals surface area contributed by atoms with Crippen LogP contribution < -0.4 is 5.32 Å². The zero-order chi connectivity index (χ0) is 16.5. The van der Waals surface area contributed by atoms with E-state index in [-0.39, 0.29) is 5.91 Å². The number of rotatable bonds is 3. The monoisotopic (exact) mass is 335 g/mol. The van der Waals surface area contributed by atoms with Gasteiger partial charge in [-0.05, 0) is 25.1 Å². The van der Waals surface area contributed by atoms with E-state index in [0.717, 1.165) is 40.0 Å². The van der Waals surface area contributed by atoms with Crippen LogP contribution in [0.3, 0.4) is 0 Å². The van der Waals surface area contributed by atoms with E-state index in [9.17, 15) is 4.79 Å². The molecule has 0 saturated heterocycles. The van der Waals surface area contributed by atoms with Gasteiger partial charge in [0.15, 0.2) is 5.16 Å². The number of fused-ring (bicyclic) bond motifs is 1. The molecule has 4 nitrogen and oxygen atoms in total. The summed E-state index contributed by atoms with van der Waals surface area (Å²) in [5.41, 5.74) is 4.36. The van der Waals surface area contributed by atoms with Crippen LogP contribution in [-0.2, 0) is 6.54 Å². The van der Waals surface area contributed by atoms with Crippen molar-refractivity contribution in [2.45, 2.75) is 18.6 Å². The highest BCUT2D eigenvalue weighted by Crippen LogP contribution is 2.32. The summed E-state index contributed by atoms with van der Waals surface area (Å²) in [6, 6.07) is 15.4. The van der Waals surface area contributed by atoms with Crippen molar-refractivity contribution in [1.82, 2.24) is 9.55 Å². The van der Waals surface area contributed by atoms with Gasteiger partial charge >= 0.3 is 0 Å². The van der Waals surface area contributed by atoms with Gasteiger partial charge in [0, 0.05) is 29.6 Å². The number of aryl methyl sites for hydroxylation is 2. The molecule has 120 valence electrons. The molecule has 0 spiro atoms. The minimum Gasteiger partial charge on any atom is -0.325 e. The minimum absolute atomic E-state index is 0.104. The number of nitrogens with one attached hydrogen (secondary N) is 1. The maximum Gasteiger partial charge on any atom is 0.255 e. The fraction of sp³-hybridized carbons (Fsp3) is 0.158. The number of para-hydroxylation sites is 1. The van der Waals surface area contributed by atoms with E-state index in [1.165, 1.54) is 0 Å². The molecular formula is C19H17N3OS. The third-order valence-electron chi connectivity index (χ3n) is 4.03. The number of hydrogen-bond donors (Lipinski definition) is 1. The normalized spacial score (nSPS) is 12.9. The van der Waals surface area contributed by atoms with E-state index in [4.69, 9.17) is 4.98 Å². The first kappa shape index (κ1) is 15.0. The van der Waals surface area contributed by atoms with Crippen LogP contribution in [0.2, 0.25) is 0 Å². The van der Waals surface area contributed by atoms with E-state index in [1.54, 1.807) is 11.8 Å². The van der Waals surface area contributed by atoms with Gasteiger partial charge in [-0.3, -0.25) is 4.79 Å². The third-order valence-corrected chi connectivity index (χ3v) is 5.01. The lowest BCUT2D eigenvalue weighted by Gasteiger charge is -2.10. The SMILES string of the molecule is Cc1cccc(C(=O)Nc2ccccc2-c2cn3c(n2)SCC3)c1. The van der Waals surface area contributed by atoms with Crippen LogP contribution >= 0.6 is 11.8 Å². The summed E-state index contributed by atoms with van der Waals surface area (Å²) in [7, 11) is 0. The second kappa shape index (κ2) is 6.17. The lowest BCUT2D eigenvalue weighted by Crippen LogP contribution is -2.12. The Morgan fingerprint density at radius 1 is 1.21 bits per heavy atom. The maximum atomic E-state index is 12.5. The molecule has 0 unspecified atom stereocenters. The summed E-state index contributed by atoms with van der Waals surface area (Å²) in [4.78, 5) is 17.2. The quantitative estimate of drug-likeness (QED) is 0.780. The molecule has 2 aromatic carbocycles. The van der Waals surface area contributed by atoms with Crippen LogP contribution in [0.4, 0.5) is 5.69 Å². The summed E-state index contributed by atoms with van der Waals surface area (Å²) < 4.78 is 2.17. The van der Waals surface area contributed by atoms with Gasteiger partial charge in [-0.25, -0.2) is 4.98 Å². The number of hydrogen-bond acceptors (Lipinski definition) is 3. The number of imidazole rings is 1. The van der Waals surface area contributed by atoms with Crippen LogP contribution in [0.1, 0.15) is 15.9 Å². The molecule has 5 heteroatoms. The van der Waals surface area contributed by atoms with Crippen LogP contribution in [0.15, 0.2) is 59.9 Å². The van der Waals surface area contributed by atoms with Gasteiger partial charge in [0.05, 0.1) is 11.4 Å². The third kappa shape index (κ3) is 2.83. The molecule has 0 aliphatic carbocycles. The molecule has 0 atom stereocenters. The van der Waals surface area contributed by atoms with Crippen LogP contribution in [0.5, 0.6) is 0 Å². The molecule has 1 aliphatic rings. The van der Waals surface area contributed by atoms with Gasteiger partial charge in [-0.1, -0.05) is 47.7 Å². The number of aromatic nitrogens is 2. The van der Waals surface area contributed by atoms with Crippen molar-refractivity contribution >= 4 is 23.4 Å². The Hall–Kier alpha value is -2.53. The van der Waals surface area contributed by atoms with E-state index in [1.807, 2.05) is 55.5 Å². The zero-order valence-electron chi connectivity index (χ0n) is 13.3. The van der Waals surface area contributed by atoms with Crippen molar-refractivity contribution in [1.29, 1.82) is 0 Å². The molecular weight excluding hydrogens is 318 g/mol. The second-order valence-corrected chi connectivity index (χ2v) is 6.88. The van der Waals surface area contributed by atoms with Gasteiger partial charge in [0.1, 0.15) is 0 Å². The van der Waals surface area contributed by atoms with Gasteiger partial charge in [-0.2, -0.15) is 0 Å². The maximum absolute atomic E-state index is 12.5. The predicted molar refractivity (Wildman–Crippen MR) is 97.5 cm³/mol. The van der Waals surface area contributed by atoms with Gasteiger partial charge in [0.2, 0.25) is 0 Å². The summed E-state index contributed by atoms with van der Waals surface area (Å²) in [6.07, 6.45) is 2.06. The Labute approximate surface area is 144 Å². The average Bonchev–Trinajstić information content (AvgIpc) is 3.17. The van der Waals surface area contributed by atoms with Crippen molar-refractivity contribution in [3.05, 3.63) is 65.9 Å². The molecule has 0 saturated carbocycles. The summed E-state index contributed by atoms with van der Waals surface area (Å²) >= 11 is 1.77. The van der Waals surface area contributed by atoms with E-state index < -0.39 is 0 Å². The van der Waals surface area contributed by atoms with Crippen molar-refractivity contribution in [3.8, 4) is 11.3 Å². The highest BCUT2D eigenvalue weighted by molar-refractivity contribution is 7.99. The lowest BCUT2D eigenvalue weighted by molar-refractivity contribution is 0.102. The second-order valence-electron chi connectivity index (χ2n) is 5.82. The van der Waals surface area contributed by atoms with Crippen LogP contribution in [0.25, 0.3) is 11.3 Å². The standard InChI is InChI=1S/C19H17N3OS/c1-13-5-4-6-14(11-13)18(23)20-16-8-3-2-7-15(16)17-12-22-9-10-24-19(22)21-17/h2-8,11-12H,9-10H2,1H3,(H,20,23). The predicted octanol–water partition coefficient (Wildman–Crippen LogP) is 4.22. The molecule has 0 bridgehead atoms. The number of thioether (sulfide) groups is 1. The Kier molecular flexibility index (Phi) is 3.86. The Morgan fingerprint density at radius 3 is 2.92 bits per heavy atom. The molecule has 3 aromatic rings. The largest absolute Gasteiger partial charge is 0.325 e.